The zero-order valence-electron chi connectivity index (χ0n) is 15.5. The maximum atomic E-state index is 6.25. The van der Waals surface area contributed by atoms with E-state index in [1.807, 2.05) is 0 Å². The van der Waals surface area contributed by atoms with Gasteiger partial charge in [0.2, 0.25) is 0 Å². The van der Waals surface area contributed by atoms with Gasteiger partial charge >= 0.3 is 0 Å². The molecule has 4 unspecified atom stereocenters. The number of ether oxygens (including phenoxy) is 1. The summed E-state index contributed by atoms with van der Waals surface area (Å²) >= 11 is 0. The molecule has 0 aromatic rings. The first kappa shape index (κ1) is 20.0. The van der Waals surface area contributed by atoms with Crippen LogP contribution in [0.15, 0.2) is 0 Å². The van der Waals surface area contributed by atoms with Crippen LogP contribution in [0.2, 0.25) is 0 Å². The van der Waals surface area contributed by atoms with Crippen LogP contribution in [0, 0.1) is 23.2 Å². The van der Waals surface area contributed by atoms with Crippen molar-refractivity contribution in [3.63, 3.8) is 0 Å². The van der Waals surface area contributed by atoms with Crippen LogP contribution in [0.1, 0.15) is 87.5 Å². The SMILES string of the molecule is CCC(C)CC(CC)C(CC)COC(C)C(C)(C)CC. The monoisotopic (exact) mass is 284 g/mol. The van der Waals surface area contributed by atoms with Gasteiger partial charge in [-0.3, -0.25) is 0 Å². The van der Waals surface area contributed by atoms with Gasteiger partial charge in [-0.1, -0.05) is 67.7 Å². The third-order valence-corrected chi connectivity index (χ3v) is 5.69. The van der Waals surface area contributed by atoms with E-state index in [1.165, 1.54) is 32.1 Å². The van der Waals surface area contributed by atoms with Crippen LogP contribution in [0.25, 0.3) is 0 Å². The average molecular weight is 285 g/mol. The predicted octanol–water partition coefficient (Wildman–Crippen LogP) is 6.32. The molecule has 0 rings (SSSR count). The molecule has 0 spiro atoms. The molecule has 0 aromatic carbocycles. The Morgan fingerprint density at radius 2 is 1.40 bits per heavy atom. The number of rotatable bonds is 11. The normalized spacial score (nSPS) is 18.6. The molecule has 0 heterocycles. The summed E-state index contributed by atoms with van der Waals surface area (Å²) in [6, 6.07) is 0. The average Bonchev–Trinajstić information content (AvgIpc) is 2.45. The van der Waals surface area contributed by atoms with Gasteiger partial charge < -0.3 is 4.74 Å². The Balaban J connectivity index is 4.44. The molecule has 0 aromatic heterocycles. The molecular formula is C19H40O. The summed E-state index contributed by atoms with van der Waals surface area (Å²) in [7, 11) is 0. The van der Waals surface area contributed by atoms with E-state index in [0.29, 0.717) is 6.10 Å². The second kappa shape index (κ2) is 9.82. The lowest BCUT2D eigenvalue weighted by atomic mass is 9.81. The largest absolute Gasteiger partial charge is 0.378 e. The highest BCUT2D eigenvalue weighted by molar-refractivity contribution is 4.76. The van der Waals surface area contributed by atoms with Gasteiger partial charge in [-0.15, -0.1) is 0 Å². The summed E-state index contributed by atoms with van der Waals surface area (Å²) in [5, 5.41) is 0. The van der Waals surface area contributed by atoms with E-state index in [-0.39, 0.29) is 5.41 Å². The van der Waals surface area contributed by atoms with Crippen molar-refractivity contribution in [2.24, 2.45) is 23.2 Å². The fourth-order valence-electron chi connectivity index (χ4n) is 2.74. The van der Waals surface area contributed by atoms with Gasteiger partial charge in [0.15, 0.2) is 0 Å². The molecule has 0 radical (unpaired) electrons. The van der Waals surface area contributed by atoms with E-state index in [9.17, 15) is 0 Å². The van der Waals surface area contributed by atoms with Crippen molar-refractivity contribution in [1.82, 2.24) is 0 Å². The highest BCUT2D eigenvalue weighted by Gasteiger charge is 2.27. The minimum Gasteiger partial charge on any atom is -0.378 e. The maximum absolute atomic E-state index is 6.25. The Morgan fingerprint density at radius 1 is 0.850 bits per heavy atom. The zero-order chi connectivity index (χ0) is 15.8. The van der Waals surface area contributed by atoms with E-state index in [0.717, 1.165) is 24.4 Å². The van der Waals surface area contributed by atoms with Crippen molar-refractivity contribution in [2.45, 2.75) is 93.6 Å². The molecule has 0 N–H and O–H groups in total. The Bertz CT molecular complexity index is 234. The summed E-state index contributed by atoms with van der Waals surface area (Å²) in [6.45, 7) is 19.4. The first-order valence-corrected chi connectivity index (χ1v) is 8.93. The van der Waals surface area contributed by atoms with E-state index in [2.05, 4.69) is 55.4 Å². The fraction of sp³-hybridized carbons (Fsp3) is 1.00. The second-order valence-corrected chi connectivity index (χ2v) is 7.40. The summed E-state index contributed by atoms with van der Waals surface area (Å²) in [5.41, 5.74) is 0.288. The van der Waals surface area contributed by atoms with Crippen LogP contribution < -0.4 is 0 Å². The Morgan fingerprint density at radius 3 is 1.80 bits per heavy atom. The standard InChI is InChI=1S/C19H40O/c1-9-15(5)13-17(10-2)18(11-3)14-20-16(6)19(7,8)12-4/h15-18H,9-14H2,1-8H3. The van der Waals surface area contributed by atoms with Gasteiger partial charge in [-0.2, -0.15) is 0 Å². The van der Waals surface area contributed by atoms with E-state index < -0.39 is 0 Å². The third kappa shape index (κ3) is 6.61. The summed E-state index contributed by atoms with van der Waals surface area (Å²) in [6.07, 6.45) is 6.72. The fourth-order valence-corrected chi connectivity index (χ4v) is 2.74. The molecule has 0 saturated carbocycles. The van der Waals surface area contributed by atoms with E-state index >= 15 is 0 Å². The van der Waals surface area contributed by atoms with Gasteiger partial charge in [-0.25, -0.2) is 0 Å². The third-order valence-electron chi connectivity index (χ3n) is 5.69. The van der Waals surface area contributed by atoms with Gasteiger partial charge in [0.25, 0.3) is 0 Å². The highest BCUT2D eigenvalue weighted by Crippen LogP contribution is 2.31. The summed E-state index contributed by atoms with van der Waals surface area (Å²) in [5.74, 6) is 2.40. The smallest absolute Gasteiger partial charge is 0.0597 e. The van der Waals surface area contributed by atoms with Crippen molar-refractivity contribution in [3.05, 3.63) is 0 Å². The lowest BCUT2D eigenvalue weighted by Gasteiger charge is -2.34. The topological polar surface area (TPSA) is 9.23 Å². The first-order chi connectivity index (χ1) is 9.32. The molecule has 0 aliphatic heterocycles. The molecule has 0 saturated heterocycles. The molecule has 0 aliphatic rings. The number of hydrogen-bond acceptors (Lipinski definition) is 1. The highest BCUT2D eigenvalue weighted by atomic mass is 16.5. The lowest BCUT2D eigenvalue weighted by Crippen LogP contribution is -2.32. The molecule has 4 atom stereocenters. The molecule has 1 nitrogen and oxygen atoms in total. The minimum absolute atomic E-state index is 0.288. The Labute approximate surface area is 128 Å². The van der Waals surface area contributed by atoms with Gasteiger partial charge in [0.1, 0.15) is 0 Å². The van der Waals surface area contributed by atoms with E-state index in [4.69, 9.17) is 4.74 Å². The second-order valence-electron chi connectivity index (χ2n) is 7.40. The molecule has 0 amide bonds. The van der Waals surface area contributed by atoms with E-state index in [1.54, 1.807) is 0 Å². The van der Waals surface area contributed by atoms with Crippen LogP contribution in [-0.4, -0.2) is 12.7 Å². The Hall–Kier alpha value is -0.0400. The molecule has 1 heteroatoms. The quantitative estimate of drug-likeness (QED) is 0.431. The van der Waals surface area contributed by atoms with Crippen LogP contribution >= 0.6 is 0 Å². The first-order valence-electron chi connectivity index (χ1n) is 8.93. The van der Waals surface area contributed by atoms with Crippen molar-refractivity contribution >= 4 is 0 Å². The van der Waals surface area contributed by atoms with Crippen molar-refractivity contribution in [1.29, 1.82) is 0 Å². The molecular weight excluding hydrogens is 244 g/mol. The van der Waals surface area contributed by atoms with Crippen molar-refractivity contribution in [2.75, 3.05) is 6.61 Å². The van der Waals surface area contributed by atoms with Crippen molar-refractivity contribution < 1.29 is 4.74 Å². The molecule has 0 aliphatic carbocycles. The van der Waals surface area contributed by atoms with Gasteiger partial charge in [0, 0.05) is 0 Å². The molecule has 0 fully saturated rings. The molecule has 20 heavy (non-hydrogen) atoms. The van der Waals surface area contributed by atoms with Crippen LogP contribution in [0.4, 0.5) is 0 Å². The zero-order valence-corrected chi connectivity index (χ0v) is 15.5. The lowest BCUT2D eigenvalue weighted by molar-refractivity contribution is -0.0413. The molecule has 0 bridgehead atoms. The Kier molecular flexibility index (Phi) is 9.80. The minimum atomic E-state index is 0.288. The summed E-state index contributed by atoms with van der Waals surface area (Å²) < 4.78 is 6.25. The van der Waals surface area contributed by atoms with Crippen molar-refractivity contribution in [3.8, 4) is 0 Å². The molecule has 122 valence electrons. The predicted molar refractivity (Wildman–Crippen MR) is 91.1 cm³/mol. The van der Waals surface area contributed by atoms with Crippen LogP contribution in [0.3, 0.4) is 0 Å². The van der Waals surface area contributed by atoms with Gasteiger partial charge in [0.05, 0.1) is 12.7 Å². The number of hydrogen-bond donors (Lipinski definition) is 0. The maximum Gasteiger partial charge on any atom is 0.0597 e. The van der Waals surface area contributed by atoms with Crippen LogP contribution in [0.5, 0.6) is 0 Å². The summed E-state index contributed by atoms with van der Waals surface area (Å²) in [4.78, 5) is 0. The van der Waals surface area contributed by atoms with Gasteiger partial charge in [-0.05, 0) is 42.9 Å². The van der Waals surface area contributed by atoms with Crippen LogP contribution in [-0.2, 0) is 4.74 Å².